The van der Waals surface area contributed by atoms with Gasteiger partial charge in [0.05, 0.1) is 19.3 Å². The van der Waals surface area contributed by atoms with Gasteiger partial charge in [-0.2, -0.15) is 0 Å². The summed E-state index contributed by atoms with van der Waals surface area (Å²) < 4.78 is 11.2. The van der Waals surface area contributed by atoms with Gasteiger partial charge in [0, 0.05) is 6.54 Å². The Morgan fingerprint density at radius 2 is 2.00 bits per heavy atom. The average molecular weight is 303 g/mol. The zero-order valence-electron chi connectivity index (χ0n) is 13.7. The first-order chi connectivity index (χ1) is 10.3. The Hall–Kier alpha value is -1.81. The van der Waals surface area contributed by atoms with Crippen LogP contribution in [-0.2, 0) is 16.1 Å². The van der Waals surface area contributed by atoms with E-state index in [9.17, 15) is 4.79 Å². The highest BCUT2D eigenvalue weighted by molar-refractivity contribution is 5.69. The molecule has 0 saturated carbocycles. The van der Waals surface area contributed by atoms with Crippen LogP contribution in [0.15, 0.2) is 42.5 Å². The van der Waals surface area contributed by atoms with Crippen LogP contribution in [0.25, 0.3) is 0 Å². The number of carbonyl (C=O) groups excluding carboxylic acids is 1. The van der Waals surface area contributed by atoms with E-state index in [0.717, 1.165) is 17.6 Å². The summed E-state index contributed by atoms with van der Waals surface area (Å²) >= 11 is 0. The van der Waals surface area contributed by atoms with Gasteiger partial charge in [0.15, 0.2) is 0 Å². The molecule has 22 heavy (non-hydrogen) atoms. The zero-order chi connectivity index (χ0) is 16.2. The maximum Gasteiger partial charge on any atom is 0.410 e. The lowest BCUT2D eigenvalue weighted by Crippen LogP contribution is -2.41. The Bertz CT molecular complexity index is 519. The van der Waals surface area contributed by atoms with Gasteiger partial charge in [-0.25, -0.2) is 4.79 Å². The fourth-order valence-corrected chi connectivity index (χ4v) is 2.45. The van der Waals surface area contributed by atoms with Crippen LogP contribution in [-0.4, -0.2) is 35.8 Å². The summed E-state index contributed by atoms with van der Waals surface area (Å²) in [5.41, 5.74) is 1.68. The highest BCUT2D eigenvalue weighted by atomic mass is 16.6. The van der Waals surface area contributed by atoms with Crippen molar-refractivity contribution in [1.29, 1.82) is 0 Å². The van der Waals surface area contributed by atoms with Gasteiger partial charge in [0.1, 0.15) is 5.60 Å². The van der Waals surface area contributed by atoms with E-state index in [-0.39, 0.29) is 12.1 Å². The normalized spacial score (nSPS) is 18.6. The summed E-state index contributed by atoms with van der Waals surface area (Å²) in [4.78, 5) is 14.0. The monoisotopic (exact) mass is 303 g/mol. The number of hydrogen-bond acceptors (Lipinski definition) is 3. The summed E-state index contributed by atoms with van der Waals surface area (Å²) in [5, 5.41) is 0. The summed E-state index contributed by atoms with van der Waals surface area (Å²) in [5.74, 6) is 0. The molecule has 0 radical (unpaired) electrons. The van der Waals surface area contributed by atoms with Gasteiger partial charge in [-0.3, -0.25) is 4.90 Å². The van der Waals surface area contributed by atoms with Crippen molar-refractivity contribution in [2.24, 2.45) is 0 Å². The Balaban J connectivity index is 1.88. The van der Waals surface area contributed by atoms with Crippen LogP contribution in [0, 0.1) is 0 Å². The van der Waals surface area contributed by atoms with E-state index >= 15 is 0 Å². The number of ether oxygens (including phenoxy) is 2. The van der Waals surface area contributed by atoms with Crippen molar-refractivity contribution >= 4 is 6.09 Å². The molecule has 0 spiro atoms. The van der Waals surface area contributed by atoms with Gasteiger partial charge in [0.2, 0.25) is 0 Å². The molecular formula is C18H25NO3. The van der Waals surface area contributed by atoms with Crippen molar-refractivity contribution in [1.82, 2.24) is 4.90 Å². The van der Waals surface area contributed by atoms with Gasteiger partial charge in [0.25, 0.3) is 0 Å². The summed E-state index contributed by atoms with van der Waals surface area (Å²) in [6.45, 7) is 11.2. The molecule has 1 amide bonds. The molecule has 0 bridgehead atoms. The Morgan fingerprint density at radius 3 is 2.64 bits per heavy atom. The molecule has 1 aliphatic rings. The molecule has 120 valence electrons. The molecule has 1 atom stereocenters. The van der Waals surface area contributed by atoms with Gasteiger partial charge < -0.3 is 9.47 Å². The maximum absolute atomic E-state index is 12.3. The third-order valence-electron chi connectivity index (χ3n) is 3.41. The lowest BCUT2D eigenvalue weighted by Gasteiger charge is -2.28. The molecule has 1 saturated heterocycles. The molecule has 2 rings (SSSR count). The number of carbonyl (C=O) groups is 1. The standard InChI is InChI=1S/C18H25NO3/c1-14-10-16(13-21-12-15-8-6-5-7-9-15)19(11-14)17(20)22-18(2,3)4/h5-9,16H,1,10-13H2,2-4H3/t16-/m1/s1. The molecule has 1 aromatic carbocycles. The van der Waals surface area contributed by atoms with Crippen LogP contribution < -0.4 is 0 Å². The van der Waals surface area contributed by atoms with Gasteiger partial charge in [-0.1, -0.05) is 42.5 Å². The minimum Gasteiger partial charge on any atom is -0.444 e. The summed E-state index contributed by atoms with van der Waals surface area (Å²) in [7, 11) is 0. The smallest absolute Gasteiger partial charge is 0.410 e. The van der Waals surface area contributed by atoms with E-state index in [2.05, 4.69) is 6.58 Å². The van der Waals surface area contributed by atoms with Crippen molar-refractivity contribution in [3.63, 3.8) is 0 Å². The molecular weight excluding hydrogens is 278 g/mol. The lowest BCUT2D eigenvalue weighted by atomic mass is 10.2. The van der Waals surface area contributed by atoms with Crippen LogP contribution >= 0.6 is 0 Å². The molecule has 0 aromatic heterocycles. The number of amides is 1. The molecule has 1 heterocycles. The van der Waals surface area contributed by atoms with Gasteiger partial charge in [-0.05, 0) is 32.8 Å². The molecule has 0 unspecified atom stereocenters. The number of nitrogens with zero attached hydrogens (tertiary/aromatic N) is 1. The summed E-state index contributed by atoms with van der Waals surface area (Å²) in [6.07, 6.45) is 0.480. The van der Waals surface area contributed by atoms with Crippen molar-refractivity contribution in [2.45, 2.75) is 45.4 Å². The van der Waals surface area contributed by atoms with E-state index in [1.54, 1.807) is 4.90 Å². The second-order valence-electron chi connectivity index (χ2n) is 6.72. The average Bonchev–Trinajstić information content (AvgIpc) is 2.79. The Kier molecular flexibility index (Phi) is 5.24. The Labute approximate surface area is 132 Å². The van der Waals surface area contributed by atoms with Crippen LogP contribution in [0.1, 0.15) is 32.8 Å². The topological polar surface area (TPSA) is 38.8 Å². The van der Waals surface area contributed by atoms with Crippen LogP contribution in [0.2, 0.25) is 0 Å². The second-order valence-corrected chi connectivity index (χ2v) is 6.72. The molecule has 1 fully saturated rings. The molecule has 4 heteroatoms. The first kappa shape index (κ1) is 16.6. The van der Waals surface area contributed by atoms with Crippen molar-refractivity contribution < 1.29 is 14.3 Å². The van der Waals surface area contributed by atoms with Crippen molar-refractivity contribution in [3.8, 4) is 0 Å². The van der Waals surface area contributed by atoms with Crippen LogP contribution in [0.3, 0.4) is 0 Å². The minimum atomic E-state index is -0.490. The van der Waals surface area contributed by atoms with Crippen molar-refractivity contribution in [2.75, 3.05) is 13.2 Å². The minimum absolute atomic E-state index is 0.00561. The Morgan fingerprint density at radius 1 is 1.32 bits per heavy atom. The highest BCUT2D eigenvalue weighted by Crippen LogP contribution is 2.24. The fraction of sp³-hybridized carbons (Fsp3) is 0.500. The van der Waals surface area contributed by atoms with E-state index in [1.807, 2.05) is 51.1 Å². The summed E-state index contributed by atoms with van der Waals surface area (Å²) in [6, 6.07) is 10.0. The number of rotatable bonds is 4. The van der Waals surface area contributed by atoms with E-state index in [4.69, 9.17) is 9.47 Å². The highest BCUT2D eigenvalue weighted by Gasteiger charge is 2.33. The number of benzene rings is 1. The fourth-order valence-electron chi connectivity index (χ4n) is 2.45. The SMILES string of the molecule is C=C1C[C@H](COCc2ccccc2)N(C(=O)OC(C)(C)C)C1. The van der Waals surface area contributed by atoms with Crippen LogP contribution in [0.4, 0.5) is 4.79 Å². The molecule has 1 aromatic rings. The molecule has 4 nitrogen and oxygen atoms in total. The largest absolute Gasteiger partial charge is 0.444 e. The quantitative estimate of drug-likeness (QED) is 0.795. The van der Waals surface area contributed by atoms with E-state index < -0.39 is 5.60 Å². The predicted molar refractivity (Wildman–Crippen MR) is 86.6 cm³/mol. The second kappa shape index (κ2) is 6.97. The lowest BCUT2D eigenvalue weighted by molar-refractivity contribution is 0.00895. The van der Waals surface area contributed by atoms with Gasteiger partial charge >= 0.3 is 6.09 Å². The van der Waals surface area contributed by atoms with Gasteiger partial charge in [-0.15, -0.1) is 0 Å². The number of likely N-dealkylation sites (tertiary alicyclic amines) is 1. The molecule has 0 aliphatic carbocycles. The maximum atomic E-state index is 12.3. The first-order valence-corrected chi connectivity index (χ1v) is 7.63. The predicted octanol–water partition coefficient (Wildman–Crippen LogP) is 3.77. The zero-order valence-corrected chi connectivity index (χ0v) is 13.7. The van der Waals surface area contributed by atoms with E-state index in [0.29, 0.717) is 19.8 Å². The third-order valence-corrected chi connectivity index (χ3v) is 3.41. The van der Waals surface area contributed by atoms with Crippen LogP contribution in [0.5, 0.6) is 0 Å². The van der Waals surface area contributed by atoms with Crippen molar-refractivity contribution in [3.05, 3.63) is 48.0 Å². The van der Waals surface area contributed by atoms with E-state index in [1.165, 1.54) is 0 Å². The third kappa shape index (κ3) is 4.88. The molecule has 1 aliphatic heterocycles. The molecule has 0 N–H and O–H groups in total. The first-order valence-electron chi connectivity index (χ1n) is 7.63. The number of hydrogen-bond donors (Lipinski definition) is 0.